The molecular formula is C24H18FN5O2S. The fourth-order valence-corrected chi connectivity index (χ4v) is 4.13. The van der Waals surface area contributed by atoms with Crippen LogP contribution in [0.1, 0.15) is 5.89 Å². The van der Waals surface area contributed by atoms with Crippen molar-refractivity contribution >= 4 is 11.8 Å². The van der Waals surface area contributed by atoms with E-state index in [1.165, 1.54) is 23.9 Å². The van der Waals surface area contributed by atoms with E-state index in [9.17, 15) is 4.39 Å². The second-order valence-corrected chi connectivity index (χ2v) is 7.93. The van der Waals surface area contributed by atoms with Gasteiger partial charge in [0.2, 0.25) is 11.7 Å². The van der Waals surface area contributed by atoms with Gasteiger partial charge in [0, 0.05) is 11.3 Å². The SMILES string of the molecule is COc1ccccc1-c1noc(CSc2nnc(-c3ccc(F)cc3)n2-c2ccccc2)n1. The molecule has 0 aliphatic heterocycles. The van der Waals surface area contributed by atoms with Crippen molar-refractivity contribution in [2.45, 2.75) is 10.9 Å². The number of rotatable bonds is 7. The normalized spacial score (nSPS) is 11.0. The molecule has 0 amide bonds. The summed E-state index contributed by atoms with van der Waals surface area (Å²) in [6, 6.07) is 23.4. The Bertz CT molecular complexity index is 1370. The van der Waals surface area contributed by atoms with Gasteiger partial charge in [0.1, 0.15) is 11.6 Å². The smallest absolute Gasteiger partial charge is 0.237 e. The molecule has 0 saturated heterocycles. The van der Waals surface area contributed by atoms with E-state index >= 15 is 0 Å². The lowest BCUT2D eigenvalue weighted by Crippen LogP contribution is -1.99. The van der Waals surface area contributed by atoms with Crippen LogP contribution in [-0.2, 0) is 5.75 Å². The molecule has 5 rings (SSSR count). The molecule has 5 aromatic rings. The predicted molar refractivity (Wildman–Crippen MR) is 123 cm³/mol. The Kier molecular flexibility index (Phi) is 5.86. The highest BCUT2D eigenvalue weighted by atomic mass is 32.2. The zero-order valence-electron chi connectivity index (χ0n) is 17.6. The van der Waals surface area contributed by atoms with Gasteiger partial charge < -0.3 is 9.26 Å². The number of hydrogen-bond acceptors (Lipinski definition) is 7. The van der Waals surface area contributed by atoms with Crippen LogP contribution in [0.5, 0.6) is 5.75 Å². The average molecular weight is 460 g/mol. The fraction of sp³-hybridized carbons (Fsp3) is 0.0833. The second-order valence-electron chi connectivity index (χ2n) is 6.98. The predicted octanol–water partition coefficient (Wildman–Crippen LogP) is 5.42. The molecule has 0 N–H and O–H groups in total. The quantitative estimate of drug-likeness (QED) is 0.301. The monoisotopic (exact) mass is 459 g/mol. The maximum Gasteiger partial charge on any atom is 0.237 e. The Morgan fingerprint density at radius 3 is 2.48 bits per heavy atom. The molecule has 3 aromatic carbocycles. The van der Waals surface area contributed by atoms with Crippen LogP contribution >= 0.6 is 11.8 Å². The minimum Gasteiger partial charge on any atom is -0.496 e. The van der Waals surface area contributed by atoms with Gasteiger partial charge in [0.15, 0.2) is 11.0 Å². The topological polar surface area (TPSA) is 78.9 Å². The zero-order chi connectivity index (χ0) is 22.6. The lowest BCUT2D eigenvalue weighted by molar-refractivity contribution is 0.390. The third kappa shape index (κ3) is 4.35. The molecule has 2 aromatic heterocycles. The molecule has 0 aliphatic carbocycles. The van der Waals surface area contributed by atoms with Crippen LogP contribution in [0.4, 0.5) is 4.39 Å². The van der Waals surface area contributed by atoms with Crippen LogP contribution in [-0.4, -0.2) is 32.0 Å². The van der Waals surface area contributed by atoms with Crippen LogP contribution in [0.2, 0.25) is 0 Å². The van der Waals surface area contributed by atoms with Crippen molar-refractivity contribution in [1.82, 2.24) is 24.9 Å². The third-order valence-electron chi connectivity index (χ3n) is 4.89. The van der Waals surface area contributed by atoms with Crippen LogP contribution in [0.3, 0.4) is 0 Å². The molecule has 7 nitrogen and oxygen atoms in total. The number of hydrogen-bond donors (Lipinski definition) is 0. The molecule has 164 valence electrons. The Balaban J connectivity index is 1.44. The van der Waals surface area contributed by atoms with E-state index in [-0.39, 0.29) is 5.82 Å². The average Bonchev–Trinajstić information content (AvgIpc) is 3.51. The molecule has 0 bridgehead atoms. The van der Waals surface area contributed by atoms with Gasteiger partial charge >= 0.3 is 0 Å². The lowest BCUT2D eigenvalue weighted by atomic mass is 10.2. The minimum absolute atomic E-state index is 0.304. The highest BCUT2D eigenvalue weighted by molar-refractivity contribution is 7.98. The molecule has 33 heavy (non-hydrogen) atoms. The minimum atomic E-state index is -0.304. The van der Waals surface area contributed by atoms with Crippen molar-refractivity contribution in [2.24, 2.45) is 0 Å². The van der Waals surface area contributed by atoms with E-state index < -0.39 is 0 Å². The number of ether oxygens (including phenoxy) is 1. The van der Waals surface area contributed by atoms with Gasteiger partial charge in [-0.15, -0.1) is 10.2 Å². The van der Waals surface area contributed by atoms with Gasteiger partial charge in [-0.3, -0.25) is 4.57 Å². The Hall–Kier alpha value is -3.98. The first-order chi connectivity index (χ1) is 16.2. The number of methoxy groups -OCH3 is 1. The van der Waals surface area contributed by atoms with Gasteiger partial charge in [0.05, 0.1) is 18.4 Å². The van der Waals surface area contributed by atoms with Crippen molar-refractivity contribution < 1.29 is 13.7 Å². The van der Waals surface area contributed by atoms with E-state index in [0.717, 1.165) is 16.8 Å². The maximum atomic E-state index is 13.4. The molecule has 0 fully saturated rings. The molecule has 0 unspecified atom stereocenters. The van der Waals surface area contributed by atoms with Crippen LogP contribution in [0.25, 0.3) is 28.5 Å². The summed E-state index contributed by atoms with van der Waals surface area (Å²) >= 11 is 1.42. The van der Waals surface area contributed by atoms with E-state index in [0.29, 0.717) is 34.2 Å². The van der Waals surface area contributed by atoms with Crippen molar-refractivity contribution in [1.29, 1.82) is 0 Å². The third-order valence-corrected chi connectivity index (χ3v) is 5.80. The summed E-state index contributed by atoms with van der Waals surface area (Å²) in [5.74, 6) is 2.29. The first-order valence-electron chi connectivity index (χ1n) is 10.1. The van der Waals surface area contributed by atoms with Gasteiger partial charge in [-0.05, 0) is 48.5 Å². The van der Waals surface area contributed by atoms with Gasteiger partial charge in [0.25, 0.3) is 0 Å². The molecule has 0 radical (unpaired) electrons. The molecule has 0 spiro atoms. The molecule has 0 atom stereocenters. The Morgan fingerprint density at radius 2 is 1.70 bits per heavy atom. The molecule has 2 heterocycles. The fourth-order valence-electron chi connectivity index (χ4n) is 3.34. The van der Waals surface area contributed by atoms with Gasteiger partial charge in [-0.25, -0.2) is 4.39 Å². The summed E-state index contributed by atoms with van der Waals surface area (Å²) < 4.78 is 26.2. The van der Waals surface area contributed by atoms with Crippen LogP contribution in [0.15, 0.2) is 88.5 Å². The molecule has 0 aliphatic rings. The zero-order valence-corrected chi connectivity index (χ0v) is 18.4. The lowest BCUT2D eigenvalue weighted by Gasteiger charge is -2.09. The molecule has 9 heteroatoms. The highest BCUT2D eigenvalue weighted by Crippen LogP contribution is 2.31. The van der Waals surface area contributed by atoms with E-state index in [1.807, 2.05) is 59.2 Å². The van der Waals surface area contributed by atoms with Gasteiger partial charge in [-0.2, -0.15) is 4.98 Å². The van der Waals surface area contributed by atoms with Crippen molar-refractivity contribution in [3.8, 4) is 34.2 Å². The number of thioether (sulfide) groups is 1. The van der Waals surface area contributed by atoms with Crippen molar-refractivity contribution in [3.63, 3.8) is 0 Å². The Morgan fingerprint density at radius 1 is 0.939 bits per heavy atom. The summed E-state index contributed by atoms with van der Waals surface area (Å²) in [7, 11) is 1.60. The summed E-state index contributed by atoms with van der Waals surface area (Å²) in [5.41, 5.74) is 2.41. The largest absolute Gasteiger partial charge is 0.496 e. The summed E-state index contributed by atoms with van der Waals surface area (Å²) in [6.45, 7) is 0. The highest BCUT2D eigenvalue weighted by Gasteiger charge is 2.18. The van der Waals surface area contributed by atoms with E-state index in [2.05, 4.69) is 20.3 Å². The molecule has 0 saturated carbocycles. The Labute approximate surface area is 193 Å². The van der Waals surface area contributed by atoms with Crippen LogP contribution in [0, 0.1) is 5.82 Å². The number of para-hydroxylation sites is 2. The first kappa shape index (κ1) is 20.9. The first-order valence-corrected chi connectivity index (χ1v) is 11.1. The van der Waals surface area contributed by atoms with Crippen molar-refractivity contribution in [3.05, 3.63) is 90.6 Å². The van der Waals surface area contributed by atoms with E-state index in [1.54, 1.807) is 19.2 Å². The van der Waals surface area contributed by atoms with Crippen LogP contribution < -0.4 is 4.74 Å². The summed E-state index contributed by atoms with van der Waals surface area (Å²) in [4.78, 5) is 4.50. The van der Waals surface area contributed by atoms with Gasteiger partial charge in [-0.1, -0.05) is 47.3 Å². The maximum absolute atomic E-state index is 13.4. The number of nitrogens with zero attached hydrogens (tertiary/aromatic N) is 5. The molecular weight excluding hydrogens is 441 g/mol. The number of halogens is 1. The second kappa shape index (κ2) is 9.25. The number of aromatic nitrogens is 5. The summed E-state index contributed by atoms with van der Waals surface area (Å²) in [6.07, 6.45) is 0. The standard InChI is InChI=1S/C24H18FN5O2S/c1-31-20-10-6-5-9-19(20)22-26-21(32-29-22)15-33-24-28-27-23(16-11-13-17(25)14-12-16)30(24)18-7-3-2-4-8-18/h2-14H,15H2,1H3. The summed E-state index contributed by atoms with van der Waals surface area (Å²) in [5, 5.41) is 13.5. The number of benzene rings is 3. The van der Waals surface area contributed by atoms with Crippen molar-refractivity contribution in [2.75, 3.05) is 7.11 Å². The van der Waals surface area contributed by atoms with E-state index in [4.69, 9.17) is 9.26 Å².